The van der Waals surface area contributed by atoms with Crippen LogP contribution >= 0.6 is 0 Å². The van der Waals surface area contributed by atoms with Crippen molar-refractivity contribution in [3.63, 3.8) is 0 Å². The summed E-state index contributed by atoms with van der Waals surface area (Å²) in [5.41, 5.74) is 4.73. The number of hydrogen-bond acceptors (Lipinski definition) is 2. The van der Waals surface area contributed by atoms with Gasteiger partial charge in [-0.25, -0.2) is 0 Å². The van der Waals surface area contributed by atoms with Crippen LogP contribution in [0, 0.1) is 5.92 Å². The fraction of sp³-hybridized carbons (Fsp3) is 0.348. The maximum absolute atomic E-state index is 13.1. The van der Waals surface area contributed by atoms with E-state index in [4.69, 9.17) is 0 Å². The largest absolute Gasteiger partial charge is 0.361 e. The molecule has 0 fully saturated rings. The lowest BCUT2D eigenvalue weighted by molar-refractivity contribution is -0.118. The summed E-state index contributed by atoms with van der Waals surface area (Å²) in [6.45, 7) is 1.81. The zero-order chi connectivity index (χ0) is 18.8. The Labute approximate surface area is 160 Å². The Bertz CT molecular complexity index is 943. The molecule has 2 aromatic carbocycles. The van der Waals surface area contributed by atoms with E-state index < -0.39 is 0 Å². The van der Waals surface area contributed by atoms with E-state index in [0.717, 1.165) is 37.1 Å². The Balaban J connectivity index is 1.51. The summed E-state index contributed by atoms with van der Waals surface area (Å²) in [4.78, 5) is 20.7. The number of carbonyl (C=O) groups is 1. The minimum atomic E-state index is 0.219. The summed E-state index contributed by atoms with van der Waals surface area (Å²) >= 11 is 0. The van der Waals surface area contributed by atoms with Crippen molar-refractivity contribution in [1.82, 2.24) is 9.88 Å². The number of nitrogens with one attached hydrogen (secondary N) is 1. The molecule has 4 nitrogen and oxygen atoms in total. The minimum Gasteiger partial charge on any atom is -0.361 e. The van der Waals surface area contributed by atoms with Crippen LogP contribution in [0.4, 0.5) is 5.69 Å². The monoisotopic (exact) mass is 361 g/mol. The summed E-state index contributed by atoms with van der Waals surface area (Å²) in [7, 11) is 4.20. The lowest BCUT2D eigenvalue weighted by Gasteiger charge is -2.36. The van der Waals surface area contributed by atoms with E-state index in [0.29, 0.717) is 12.3 Å². The van der Waals surface area contributed by atoms with Crippen molar-refractivity contribution in [2.45, 2.75) is 19.3 Å². The van der Waals surface area contributed by atoms with Crippen LogP contribution < -0.4 is 4.90 Å². The average molecular weight is 361 g/mol. The first-order valence-electron chi connectivity index (χ1n) is 9.70. The Morgan fingerprint density at radius 3 is 2.78 bits per heavy atom. The molecule has 1 amide bonds. The van der Waals surface area contributed by atoms with Crippen LogP contribution in [0.1, 0.15) is 17.5 Å². The summed E-state index contributed by atoms with van der Waals surface area (Å²) in [6, 6.07) is 16.6. The van der Waals surface area contributed by atoms with Crippen LogP contribution in [-0.4, -0.2) is 43.0 Å². The van der Waals surface area contributed by atoms with Crippen LogP contribution in [0.25, 0.3) is 10.9 Å². The Morgan fingerprint density at radius 2 is 1.93 bits per heavy atom. The first-order chi connectivity index (χ1) is 13.1. The van der Waals surface area contributed by atoms with E-state index in [9.17, 15) is 4.79 Å². The SMILES string of the molecule is CN(C)CC1Cc2ccccc2N(C(=O)CCc2c[nH]c3ccccc23)C1. The summed E-state index contributed by atoms with van der Waals surface area (Å²) in [5.74, 6) is 0.697. The average Bonchev–Trinajstić information content (AvgIpc) is 3.08. The molecule has 4 rings (SSSR count). The molecule has 1 atom stereocenters. The van der Waals surface area contributed by atoms with Gasteiger partial charge in [0.1, 0.15) is 0 Å². The molecule has 3 aromatic rings. The van der Waals surface area contributed by atoms with Gasteiger partial charge in [0.05, 0.1) is 0 Å². The molecule has 140 valence electrons. The number of aromatic nitrogens is 1. The minimum absolute atomic E-state index is 0.219. The van der Waals surface area contributed by atoms with Gasteiger partial charge in [-0.3, -0.25) is 4.79 Å². The standard InChI is InChI=1S/C23H27N3O/c1-25(2)15-17-13-18-7-3-6-10-22(18)26(16-17)23(27)12-11-19-14-24-21-9-5-4-8-20(19)21/h3-10,14,17,24H,11-13,15-16H2,1-2H3. The summed E-state index contributed by atoms with van der Waals surface area (Å²) in [5, 5.41) is 1.22. The van der Waals surface area contributed by atoms with Crippen molar-refractivity contribution in [3.05, 3.63) is 65.9 Å². The number of carbonyl (C=O) groups excluding carboxylic acids is 1. The number of benzene rings is 2. The first kappa shape index (κ1) is 17.8. The smallest absolute Gasteiger partial charge is 0.227 e. The zero-order valence-corrected chi connectivity index (χ0v) is 16.1. The van der Waals surface area contributed by atoms with Crippen molar-refractivity contribution < 1.29 is 4.79 Å². The molecular formula is C23H27N3O. The molecule has 0 saturated heterocycles. The molecule has 1 aliphatic heterocycles. The van der Waals surface area contributed by atoms with Gasteiger partial charge in [0.15, 0.2) is 0 Å². The van der Waals surface area contributed by atoms with Gasteiger partial charge in [0, 0.05) is 42.3 Å². The molecular weight excluding hydrogens is 334 g/mol. The van der Waals surface area contributed by atoms with Gasteiger partial charge in [-0.05, 0) is 56.1 Å². The molecule has 1 aliphatic rings. The summed E-state index contributed by atoms with van der Waals surface area (Å²) < 4.78 is 0. The van der Waals surface area contributed by atoms with Crippen LogP contribution in [0.5, 0.6) is 0 Å². The van der Waals surface area contributed by atoms with E-state index in [1.54, 1.807) is 0 Å². The van der Waals surface area contributed by atoms with Crippen LogP contribution in [0.2, 0.25) is 0 Å². The van der Waals surface area contributed by atoms with Gasteiger partial charge in [0.25, 0.3) is 0 Å². The topological polar surface area (TPSA) is 39.3 Å². The third kappa shape index (κ3) is 3.76. The van der Waals surface area contributed by atoms with Crippen molar-refractivity contribution >= 4 is 22.5 Å². The number of fused-ring (bicyclic) bond motifs is 2. The Kier molecular flexibility index (Phi) is 4.99. The van der Waals surface area contributed by atoms with Crippen LogP contribution in [0.15, 0.2) is 54.7 Å². The number of anilines is 1. The third-order valence-electron chi connectivity index (χ3n) is 5.44. The molecule has 0 aliphatic carbocycles. The van der Waals surface area contributed by atoms with E-state index in [1.807, 2.05) is 29.3 Å². The number of nitrogens with zero attached hydrogens (tertiary/aromatic N) is 2. The Morgan fingerprint density at radius 1 is 1.15 bits per heavy atom. The van der Waals surface area contributed by atoms with Crippen LogP contribution in [-0.2, 0) is 17.6 Å². The molecule has 2 heterocycles. The van der Waals surface area contributed by atoms with Crippen molar-refractivity contribution in [1.29, 1.82) is 0 Å². The molecule has 0 bridgehead atoms. The number of aryl methyl sites for hydroxylation is 1. The Hall–Kier alpha value is -2.59. The molecule has 1 aromatic heterocycles. The molecule has 4 heteroatoms. The number of amides is 1. The van der Waals surface area contributed by atoms with E-state index in [1.165, 1.54) is 16.5 Å². The second kappa shape index (κ2) is 7.57. The molecule has 0 saturated carbocycles. The number of rotatable bonds is 5. The lowest BCUT2D eigenvalue weighted by Crippen LogP contribution is -2.43. The van der Waals surface area contributed by atoms with Gasteiger partial charge in [-0.1, -0.05) is 36.4 Å². The van der Waals surface area contributed by atoms with Gasteiger partial charge in [-0.15, -0.1) is 0 Å². The summed E-state index contributed by atoms with van der Waals surface area (Å²) in [6.07, 6.45) is 4.38. The van der Waals surface area contributed by atoms with Gasteiger partial charge in [0.2, 0.25) is 5.91 Å². The molecule has 1 N–H and O–H groups in total. The van der Waals surface area contributed by atoms with Gasteiger partial charge < -0.3 is 14.8 Å². The van der Waals surface area contributed by atoms with E-state index in [2.05, 4.69) is 54.3 Å². The fourth-order valence-electron chi connectivity index (χ4n) is 4.27. The predicted octanol–water partition coefficient (Wildman–Crippen LogP) is 3.87. The number of aromatic amines is 1. The number of para-hydroxylation sites is 2. The second-order valence-corrected chi connectivity index (χ2v) is 7.82. The quantitative estimate of drug-likeness (QED) is 0.749. The van der Waals surface area contributed by atoms with Crippen molar-refractivity contribution in [2.24, 2.45) is 5.92 Å². The highest BCUT2D eigenvalue weighted by atomic mass is 16.2. The highest BCUT2D eigenvalue weighted by Crippen LogP contribution is 2.31. The lowest BCUT2D eigenvalue weighted by atomic mass is 9.91. The maximum atomic E-state index is 13.1. The van der Waals surface area contributed by atoms with E-state index in [-0.39, 0.29) is 5.91 Å². The van der Waals surface area contributed by atoms with Crippen LogP contribution in [0.3, 0.4) is 0 Å². The molecule has 1 unspecified atom stereocenters. The first-order valence-corrected chi connectivity index (χ1v) is 9.70. The molecule has 27 heavy (non-hydrogen) atoms. The maximum Gasteiger partial charge on any atom is 0.227 e. The predicted molar refractivity (Wildman–Crippen MR) is 111 cm³/mol. The fourth-order valence-corrected chi connectivity index (χ4v) is 4.27. The number of H-pyrrole nitrogens is 1. The molecule has 0 spiro atoms. The second-order valence-electron chi connectivity index (χ2n) is 7.82. The zero-order valence-electron chi connectivity index (χ0n) is 16.1. The third-order valence-corrected chi connectivity index (χ3v) is 5.44. The molecule has 0 radical (unpaired) electrons. The van der Waals surface area contributed by atoms with Gasteiger partial charge >= 0.3 is 0 Å². The highest BCUT2D eigenvalue weighted by Gasteiger charge is 2.28. The normalized spacial score (nSPS) is 16.7. The van der Waals surface area contributed by atoms with Crippen molar-refractivity contribution in [3.8, 4) is 0 Å². The van der Waals surface area contributed by atoms with Crippen molar-refractivity contribution in [2.75, 3.05) is 32.1 Å². The number of hydrogen-bond donors (Lipinski definition) is 1. The highest BCUT2D eigenvalue weighted by molar-refractivity contribution is 5.95. The van der Waals surface area contributed by atoms with Gasteiger partial charge in [-0.2, -0.15) is 0 Å². The van der Waals surface area contributed by atoms with E-state index >= 15 is 0 Å².